The lowest BCUT2D eigenvalue weighted by Crippen LogP contribution is -2.09. The van der Waals surface area contributed by atoms with Crippen molar-refractivity contribution in [1.82, 2.24) is 0 Å². The van der Waals surface area contributed by atoms with Crippen LogP contribution in [0.25, 0.3) is 0 Å². The van der Waals surface area contributed by atoms with Crippen molar-refractivity contribution in [2.24, 2.45) is 0 Å². The number of halogens is 4. The SMILES string of the molecule is Nc1ccc(OCc2cccc(Br)c2)cc1C(F)(F)F. The first-order valence-electron chi connectivity index (χ1n) is 5.70. The van der Waals surface area contributed by atoms with Crippen molar-refractivity contribution in [3.05, 3.63) is 58.1 Å². The second kappa shape index (κ2) is 5.75. The van der Waals surface area contributed by atoms with E-state index >= 15 is 0 Å². The summed E-state index contributed by atoms with van der Waals surface area (Å²) < 4.78 is 44.4. The van der Waals surface area contributed by atoms with Gasteiger partial charge in [-0.1, -0.05) is 28.1 Å². The zero-order chi connectivity index (χ0) is 14.8. The van der Waals surface area contributed by atoms with Gasteiger partial charge < -0.3 is 10.5 Å². The summed E-state index contributed by atoms with van der Waals surface area (Å²) in [4.78, 5) is 0. The van der Waals surface area contributed by atoms with Gasteiger partial charge >= 0.3 is 6.18 Å². The third-order valence-electron chi connectivity index (χ3n) is 2.62. The summed E-state index contributed by atoms with van der Waals surface area (Å²) >= 11 is 3.31. The monoisotopic (exact) mass is 345 g/mol. The largest absolute Gasteiger partial charge is 0.489 e. The number of hydrogen-bond donors (Lipinski definition) is 1. The highest BCUT2D eigenvalue weighted by molar-refractivity contribution is 9.10. The molecule has 0 amide bonds. The average molecular weight is 346 g/mol. The lowest BCUT2D eigenvalue weighted by atomic mass is 10.1. The summed E-state index contributed by atoms with van der Waals surface area (Å²) in [7, 11) is 0. The number of anilines is 1. The van der Waals surface area contributed by atoms with Gasteiger partial charge in [-0.3, -0.25) is 0 Å². The van der Waals surface area contributed by atoms with Crippen LogP contribution in [0, 0.1) is 0 Å². The number of nitrogens with two attached hydrogens (primary N) is 1. The number of rotatable bonds is 3. The standard InChI is InChI=1S/C14H11BrF3NO/c15-10-3-1-2-9(6-10)8-20-11-4-5-13(19)12(7-11)14(16,17)18/h1-7H,8,19H2. The van der Waals surface area contributed by atoms with Gasteiger partial charge in [0.05, 0.1) is 5.56 Å². The second-order valence-corrected chi connectivity index (χ2v) is 5.08. The highest BCUT2D eigenvalue weighted by Crippen LogP contribution is 2.35. The van der Waals surface area contributed by atoms with Gasteiger partial charge in [0.1, 0.15) is 12.4 Å². The van der Waals surface area contributed by atoms with E-state index in [1.54, 1.807) is 0 Å². The molecule has 0 bridgehead atoms. The van der Waals surface area contributed by atoms with Crippen LogP contribution in [-0.4, -0.2) is 0 Å². The van der Waals surface area contributed by atoms with E-state index in [0.29, 0.717) is 0 Å². The van der Waals surface area contributed by atoms with Gasteiger partial charge in [0.15, 0.2) is 0 Å². The minimum atomic E-state index is -4.49. The van der Waals surface area contributed by atoms with Gasteiger partial charge in [0.2, 0.25) is 0 Å². The maximum absolute atomic E-state index is 12.7. The van der Waals surface area contributed by atoms with Crippen molar-refractivity contribution in [3.63, 3.8) is 0 Å². The summed E-state index contributed by atoms with van der Waals surface area (Å²) in [5.74, 6) is 0.131. The molecule has 0 spiro atoms. The van der Waals surface area contributed by atoms with Crippen molar-refractivity contribution in [3.8, 4) is 5.75 Å². The van der Waals surface area contributed by atoms with Crippen LogP contribution in [0.1, 0.15) is 11.1 Å². The number of benzene rings is 2. The van der Waals surface area contributed by atoms with Crippen LogP contribution in [0.2, 0.25) is 0 Å². The first-order valence-corrected chi connectivity index (χ1v) is 6.49. The first kappa shape index (κ1) is 14.7. The fourth-order valence-electron chi connectivity index (χ4n) is 1.66. The molecule has 106 valence electrons. The average Bonchev–Trinajstić information content (AvgIpc) is 2.36. The molecular weight excluding hydrogens is 335 g/mol. The molecule has 2 aromatic carbocycles. The molecule has 20 heavy (non-hydrogen) atoms. The van der Waals surface area contributed by atoms with E-state index in [0.717, 1.165) is 16.1 Å². The van der Waals surface area contributed by atoms with Crippen LogP contribution in [0.15, 0.2) is 46.9 Å². The van der Waals surface area contributed by atoms with Crippen LogP contribution < -0.4 is 10.5 Å². The lowest BCUT2D eigenvalue weighted by molar-refractivity contribution is -0.137. The van der Waals surface area contributed by atoms with Gasteiger partial charge in [-0.25, -0.2) is 0 Å². The van der Waals surface area contributed by atoms with E-state index in [2.05, 4.69) is 15.9 Å². The minimum Gasteiger partial charge on any atom is -0.489 e. The molecule has 0 aliphatic heterocycles. The summed E-state index contributed by atoms with van der Waals surface area (Å²) in [6.45, 7) is 0.181. The Balaban J connectivity index is 2.14. The third kappa shape index (κ3) is 3.66. The van der Waals surface area contributed by atoms with Crippen molar-refractivity contribution >= 4 is 21.6 Å². The number of alkyl halides is 3. The van der Waals surface area contributed by atoms with Crippen molar-refractivity contribution in [1.29, 1.82) is 0 Å². The molecule has 0 radical (unpaired) electrons. The highest BCUT2D eigenvalue weighted by atomic mass is 79.9. The Hall–Kier alpha value is -1.69. The quantitative estimate of drug-likeness (QED) is 0.823. The number of hydrogen-bond acceptors (Lipinski definition) is 2. The van der Waals surface area contributed by atoms with Crippen molar-refractivity contribution < 1.29 is 17.9 Å². The molecule has 0 unspecified atom stereocenters. The predicted molar refractivity (Wildman–Crippen MR) is 74.3 cm³/mol. The van der Waals surface area contributed by atoms with Gasteiger partial charge in [0, 0.05) is 10.2 Å². The fourth-order valence-corrected chi connectivity index (χ4v) is 2.11. The fraction of sp³-hybridized carbons (Fsp3) is 0.143. The number of nitrogen functional groups attached to an aromatic ring is 1. The van der Waals surface area contributed by atoms with Crippen LogP contribution in [-0.2, 0) is 12.8 Å². The van der Waals surface area contributed by atoms with Gasteiger partial charge in [-0.2, -0.15) is 13.2 Å². The molecule has 2 rings (SSSR count). The molecule has 2 nitrogen and oxygen atoms in total. The molecule has 0 fully saturated rings. The summed E-state index contributed by atoms with van der Waals surface area (Å²) in [5.41, 5.74) is 4.97. The minimum absolute atomic E-state index is 0.131. The molecule has 6 heteroatoms. The van der Waals surface area contributed by atoms with E-state index in [1.165, 1.54) is 12.1 Å². The molecule has 0 atom stereocenters. The Morgan fingerprint density at radius 3 is 2.50 bits per heavy atom. The highest BCUT2D eigenvalue weighted by Gasteiger charge is 2.33. The van der Waals surface area contributed by atoms with E-state index in [9.17, 15) is 13.2 Å². The Labute approximate surface area is 122 Å². The van der Waals surface area contributed by atoms with E-state index in [-0.39, 0.29) is 18.0 Å². The van der Waals surface area contributed by atoms with Crippen LogP contribution in [0.4, 0.5) is 18.9 Å². The summed E-state index contributed by atoms with van der Waals surface area (Å²) in [6.07, 6.45) is -4.49. The molecular formula is C14H11BrF3NO. The smallest absolute Gasteiger partial charge is 0.418 e. The van der Waals surface area contributed by atoms with Gasteiger partial charge in [-0.15, -0.1) is 0 Å². The second-order valence-electron chi connectivity index (χ2n) is 4.17. The number of ether oxygens (including phenoxy) is 1. The first-order chi connectivity index (χ1) is 9.36. The summed E-state index contributed by atoms with van der Waals surface area (Å²) in [6, 6.07) is 10.9. The predicted octanol–water partition coefficient (Wildman–Crippen LogP) is 4.63. The zero-order valence-corrected chi connectivity index (χ0v) is 11.8. The van der Waals surface area contributed by atoms with Crippen LogP contribution >= 0.6 is 15.9 Å². The van der Waals surface area contributed by atoms with Gasteiger partial charge in [0.25, 0.3) is 0 Å². The maximum Gasteiger partial charge on any atom is 0.418 e. The van der Waals surface area contributed by atoms with E-state index in [4.69, 9.17) is 10.5 Å². The Kier molecular flexibility index (Phi) is 4.23. The topological polar surface area (TPSA) is 35.2 Å². The van der Waals surface area contributed by atoms with Crippen molar-refractivity contribution in [2.45, 2.75) is 12.8 Å². The van der Waals surface area contributed by atoms with E-state index < -0.39 is 11.7 Å². The Morgan fingerprint density at radius 2 is 1.85 bits per heavy atom. The molecule has 0 aromatic heterocycles. The molecule has 0 heterocycles. The van der Waals surface area contributed by atoms with Crippen LogP contribution in [0.5, 0.6) is 5.75 Å². The molecule has 0 saturated carbocycles. The molecule has 2 N–H and O–H groups in total. The molecule has 0 saturated heterocycles. The normalized spacial score (nSPS) is 11.4. The Morgan fingerprint density at radius 1 is 1.10 bits per heavy atom. The van der Waals surface area contributed by atoms with Crippen molar-refractivity contribution in [2.75, 3.05) is 5.73 Å². The van der Waals surface area contributed by atoms with Crippen LogP contribution in [0.3, 0.4) is 0 Å². The Bertz CT molecular complexity index is 614. The van der Waals surface area contributed by atoms with Gasteiger partial charge in [-0.05, 0) is 35.9 Å². The third-order valence-corrected chi connectivity index (χ3v) is 3.12. The molecule has 0 aliphatic carbocycles. The maximum atomic E-state index is 12.7. The summed E-state index contributed by atoms with van der Waals surface area (Å²) in [5, 5.41) is 0. The molecule has 0 aliphatic rings. The lowest BCUT2D eigenvalue weighted by Gasteiger charge is -2.12. The molecule has 2 aromatic rings. The zero-order valence-electron chi connectivity index (χ0n) is 10.2. The van der Waals surface area contributed by atoms with E-state index in [1.807, 2.05) is 24.3 Å².